The van der Waals surface area contributed by atoms with E-state index in [4.69, 9.17) is 0 Å². The standard InChI is InChI=1S/C15H22N2O3/c1-17(2)15(8-3-4-9-15)10-16-14(20)11-6-5-7-12(18)13(11)19/h5-7,18-19H,3-4,8-10H2,1-2H3,(H,16,20). The van der Waals surface area contributed by atoms with Crippen molar-refractivity contribution in [1.82, 2.24) is 10.2 Å². The number of amides is 1. The number of aromatic hydroxyl groups is 2. The number of hydrogen-bond donors (Lipinski definition) is 3. The molecular weight excluding hydrogens is 256 g/mol. The molecule has 1 aliphatic rings. The predicted octanol–water partition coefficient (Wildman–Crippen LogP) is 1.70. The van der Waals surface area contributed by atoms with Gasteiger partial charge in [0.25, 0.3) is 5.91 Å². The highest BCUT2D eigenvalue weighted by Gasteiger charge is 2.36. The van der Waals surface area contributed by atoms with Crippen LogP contribution in [0.1, 0.15) is 36.0 Å². The Morgan fingerprint density at radius 2 is 1.95 bits per heavy atom. The van der Waals surface area contributed by atoms with Crippen LogP contribution in [0.15, 0.2) is 18.2 Å². The summed E-state index contributed by atoms with van der Waals surface area (Å²) < 4.78 is 0. The number of nitrogens with one attached hydrogen (secondary N) is 1. The lowest BCUT2D eigenvalue weighted by molar-refractivity contribution is 0.0896. The van der Waals surface area contributed by atoms with Crippen molar-refractivity contribution in [3.8, 4) is 11.5 Å². The number of carbonyl (C=O) groups is 1. The molecule has 2 rings (SSSR count). The van der Waals surface area contributed by atoms with E-state index in [1.165, 1.54) is 25.0 Å². The number of carbonyl (C=O) groups excluding carboxylic acids is 1. The van der Waals surface area contributed by atoms with Gasteiger partial charge in [-0.1, -0.05) is 18.9 Å². The summed E-state index contributed by atoms with van der Waals surface area (Å²) in [4.78, 5) is 14.3. The third-order valence-corrected chi connectivity index (χ3v) is 4.32. The van der Waals surface area contributed by atoms with Gasteiger partial charge in [0.05, 0.1) is 5.56 Å². The van der Waals surface area contributed by atoms with Gasteiger partial charge in [0, 0.05) is 12.1 Å². The molecule has 5 nitrogen and oxygen atoms in total. The van der Waals surface area contributed by atoms with Crippen molar-refractivity contribution in [3.05, 3.63) is 23.8 Å². The van der Waals surface area contributed by atoms with Crippen molar-refractivity contribution in [2.75, 3.05) is 20.6 Å². The van der Waals surface area contributed by atoms with E-state index in [1.54, 1.807) is 6.07 Å². The number of nitrogens with zero attached hydrogens (tertiary/aromatic N) is 1. The Kier molecular flexibility index (Phi) is 4.18. The molecule has 0 unspecified atom stereocenters. The molecule has 110 valence electrons. The molecule has 0 spiro atoms. The van der Waals surface area contributed by atoms with Gasteiger partial charge in [-0.25, -0.2) is 0 Å². The minimum Gasteiger partial charge on any atom is -0.504 e. The zero-order chi connectivity index (χ0) is 14.8. The first-order valence-electron chi connectivity index (χ1n) is 6.93. The van der Waals surface area contributed by atoms with Gasteiger partial charge in [-0.3, -0.25) is 4.79 Å². The quantitative estimate of drug-likeness (QED) is 0.733. The predicted molar refractivity (Wildman–Crippen MR) is 77.0 cm³/mol. The summed E-state index contributed by atoms with van der Waals surface area (Å²) in [6.45, 7) is 0.550. The van der Waals surface area contributed by atoms with Gasteiger partial charge in [0.1, 0.15) is 0 Å². The first-order valence-corrected chi connectivity index (χ1v) is 6.93. The van der Waals surface area contributed by atoms with Crippen molar-refractivity contribution >= 4 is 5.91 Å². The van der Waals surface area contributed by atoms with Gasteiger partial charge in [0.15, 0.2) is 11.5 Å². The molecule has 0 radical (unpaired) electrons. The molecule has 1 aliphatic carbocycles. The minimum absolute atomic E-state index is 0.00209. The molecule has 5 heteroatoms. The van der Waals surface area contributed by atoms with E-state index in [-0.39, 0.29) is 28.5 Å². The van der Waals surface area contributed by atoms with Gasteiger partial charge in [-0.05, 0) is 39.1 Å². The Labute approximate surface area is 119 Å². The van der Waals surface area contributed by atoms with Gasteiger partial charge >= 0.3 is 0 Å². The maximum Gasteiger partial charge on any atom is 0.255 e. The molecule has 1 amide bonds. The summed E-state index contributed by atoms with van der Waals surface area (Å²) >= 11 is 0. The van der Waals surface area contributed by atoms with E-state index in [0.717, 1.165) is 12.8 Å². The number of benzene rings is 1. The van der Waals surface area contributed by atoms with E-state index in [9.17, 15) is 15.0 Å². The maximum atomic E-state index is 12.1. The van der Waals surface area contributed by atoms with E-state index in [2.05, 4.69) is 10.2 Å². The van der Waals surface area contributed by atoms with Crippen LogP contribution in [0, 0.1) is 0 Å². The highest BCUT2D eigenvalue weighted by Crippen LogP contribution is 2.33. The molecule has 1 saturated carbocycles. The lowest BCUT2D eigenvalue weighted by Gasteiger charge is -2.36. The van der Waals surface area contributed by atoms with Gasteiger partial charge in [-0.15, -0.1) is 0 Å². The first kappa shape index (κ1) is 14.7. The normalized spacial score (nSPS) is 17.4. The fraction of sp³-hybridized carbons (Fsp3) is 0.533. The molecule has 20 heavy (non-hydrogen) atoms. The first-order chi connectivity index (χ1) is 9.46. The van der Waals surface area contributed by atoms with Crippen molar-refractivity contribution in [2.45, 2.75) is 31.2 Å². The minimum atomic E-state index is -0.365. The van der Waals surface area contributed by atoms with Gasteiger partial charge < -0.3 is 20.4 Å². The highest BCUT2D eigenvalue weighted by molar-refractivity contribution is 5.97. The van der Waals surface area contributed by atoms with Crippen LogP contribution in [0.2, 0.25) is 0 Å². The topological polar surface area (TPSA) is 72.8 Å². The second-order valence-electron chi connectivity index (χ2n) is 5.68. The molecule has 0 aliphatic heterocycles. The zero-order valence-electron chi connectivity index (χ0n) is 12.0. The number of likely N-dealkylation sites (N-methyl/N-ethyl adjacent to an activating group) is 1. The fourth-order valence-electron chi connectivity index (χ4n) is 2.87. The Morgan fingerprint density at radius 1 is 1.30 bits per heavy atom. The summed E-state index contributed by atoms with van der Waals surface area (Å²) in [5, 5.41) is 22.0. The number of rotatable bonds is 4. The molecule has 0 heterocycles. The van der Waals surface area contributed by atoms with Crippen molar-refractivity contribution in [2.24, 2.45) is 0 Å². The van der Waals surface area contributed by atoms with E-state index < -0.39 is 0 Å². The third kappa shape index (κ3) is 2.72. The number of para-hydroxylation sites is 1. The SMILES string of the molecule is CN(C)C1(CNC(=O)c2cccc(O)c2O)CCCC1. The maximum absolute atomic E-state index is 12.1. The van der Waals surface area contributed by atoms with Crippen LogP contribution < -0.4 is 5.32 Å². The Balaban J connectivity index is 2.07. The van der Waals surface area contributed by atoms with E-state index >= 15 is 0 Å². The molecule has 3 N–H and O–H groups in total. The van der Waals surface area contributed by atoms with Crippen LogP contribution in [-0.4, -0.2) is 47.2 Å². The largest absolute Gasteiger partial charge is 0.504 e. The Bertz CT molecular complexity index is 494. The Morgan fingerprint density at radius 3 is 2.55 bits per heavy atom. The van der Waals surface area contributed by atoms with Crippen molar-refractivity contribution < 1.29 is 15.0 Å². The van der Waals surface area contributed by atoms with Crippen LogP contribution in [0.3, 0.4) is 0 Å². The molecule has 1 aromatic carbocycles. The summed E-state index contributed by atoms with van der Waals surface area (Å²) in [6, 6.07) is 4.40. The van der Waals surface area contributed by atoms with Crippen molar-refractivity contribution in [3.63, 3.8) is 0 Å². The lowest BCUT2D eigenvalue weighted by atomic mass is 9.96. The van der Waals surface area contributed by atoms with Gasteiger partial charge in [-0.2, -0.15) is 0 Å². The molecule has 0 atom stereocenters. The molecule has 1 fully saturated rings. The van der Waals surface area contributed by atoms with Crippen LogP contribution in [0.5, 0.6) is 11.5 Å². The van der Waals surface area contributed by atoms with Crippen LogP contribution in [-0.2, 0) is 0 Å². The number of phenolic OH excluding ortho intramolecular Hbond substituents is 2. The molecule has 1 aromatic rings. The monoisotopic (exact) mass is 278 g/mol. The summed E-state index contributed by atoms with van der Waals surface area (Å²) in [7, 11) is 4.06. The summed E-state index contributed by atoms with van der Waals surface area (Å²) in [5.41, 5.74) is 0.110. The van der Waals surface area contributed by atoms with Gasteiger partial charge in [0.2, 0.25) is 0 Å². The van der Waals surface area contributed by atoms with E-state index in [0.29, 0.717) is 6.54 Å². The lowest BCUT2D eigenvalue weighted by Crippen LogP contribution is -2.50. The average Bonchev–Trinajstić information content (AvgIpc) is 2.89. The van der Waals surface area contributed by atoms with E-state index in [1.807, 2.05) is 14.1 Å². The molecular formula is C15H22N2O3. The Hall–Kier alpha value is -1.75. The number of phenols is 2. The smallest absolute Gasteiger partial charge is 0.255 e. The molecule has 0 aromatic heterocycles. The molecule has 0 bridgehead atoms. The second-order valence-corrected chi connectivity index (χ2v) is 5.68. The summed E-state index contributed by atoms with van der Waals surface area (Å²) in [5.74, 6) is -0.998. The van der Waals surface area contributed by atoms with Crippen molar-refractivity contribution in [1.29, 1.82) is 0 Å². The fourth-order valence-corrected chi connectivity index (χ4v) is 2.87. The van der Waals surface area contributed by atoms with Crippen LogP contribution >= 0.6 is 0 Å². The molecule has 0 saturated heterocycles. The van der Waals surface area contributed by atoms with Crippen LogP contribution in [0.25, 0.3) is 0 Å². The highest BCUT2D eigenvalue weighted by atomic mass is 16.3. The number of hydrogen-bond acceptors (Lipinski definition) is 4. The average molecular weight is 278 g/mol. The zero-order valence-corrected chi connectivity index (χ0v) is 12.0. The van der Waals surface area contributed by atoms with Crippen LogP contribution in [0.4, 0.5) is 0 Å². The third-order valence-electron chi connectivity index (χ3n) is 4.32. The summed E-state index contributed by atoms with van der Waals surface area (Å²) in [6.07, 6.45) is 4.47. The second kappa shape index (κ2) is 5.71.